The van der Waals surface area contributed by atoms with Crippen LogP contribution in [0.5, 0.6) is 0 Å². The third-order valence-corrected chi connectivity index (χ3v) is 6.09. The zero-order valence-corrected chi connectivity index (χ0v) is 17.9. The van der Waals surface area contributed by atoms with Gasteiger partial charge in [-0.05, 0) is 24.1 Å². The van der Waals surface area contributed by atoms with Crippen molar-refractivity contribution in [3.63, 3.8) is 0 Å². The molecule has 4 aromatic rings. The number of ether oxygens (including phenoxy) is 1. The van der Waals surface area contributed by atoms with Crippen LogP contribution in [-0.4, -0.2) is 22.6 Å². The van der Waals surface area contributed by atoms with E-state index in [-0.39, 0.29) is 17.9 Å². The molecule has 0 radical (unpaired) electrons. The molecule has 2 aromatic carbocycles. The van der Waals surface area contributed by atoms with Crippen LogP contribution in [0.2, 0.25) is 5.02 Å². The fourth-order valence-corrected chi connectivity index (χ4v) is 4.55. The predicted molar refractivity (Wildman–Crippen MR) is 121 cm³/mol. The Morgan fingerprint density at radius 2 is 1.83 bits per heavy atom. The van der Waals surface area contributed by atoms with Gasteiger partial charge >= 0.3 is 5.97 Å². The smallest absolute Gasteiger partial charge is 0.305 e. The molecule has 2 heterocycles. The zero-order chi connectivity index (χ0) is 21.1. The van der Waals surface area contributed by atoms with Crippen molar-refractivity contribution in [2.24, 2.45) is 0 Å². The summed E-state index contributed by atoms with van der Waals surface area (Å²) in [7, 11) is 1.36. The maximum absolute atomic E-state index is 13.6. The van der Waals surface area contributed by atoms with Crippen LogP contribution in [0.1, 0.15) is 12.8 Å². The van der Waals surface area contributed by atoms with Crippen molar-refractivity contribution in [1.82, 2.24) is 9.55 Å². The molecule has 0 spiro atoms. The van der Waals surface area contributed by atoms with Crippen LogP contribution in [0.3, 0.4) is 0 Å². The SMILES string of the molecule is COC(=O)CCCn1c(-c2ccccc2Cl)nc2scc(-c3ccccc3)c2c1=O. The topological polar surface area (TPSA) is 61.2 Å². The Morgan fingerprint density at radius 1 is 1.10 bits per heavy atom. The maximum atomic E-state index is 13.6. The second-order valence-corrected chi connectivity index (χ2v) is 8.01. The molecule has 4 rings (SSSR count). The molecule has 2 aromatic heterocycles. The molecule has 0 unspecified atom stereocenters. The Bertz CT molecular complexity index is 1260. The average molecular weight is 439 g/mol. The molecule has 7 heteroatoms. The number of halogens is 1. The largest absolute Gasteiger partial charge is 0.469 e. The lowest BCUT2D eigenvalue weighted by atomic mass is 10.1. The monoisotopic (exact) mass is 438 g/mol. The Balaban J connectivity index is 1.90. The highest BCUT2D eigenvalue weighted by Gasteiger charge is 2.19. The lowest BCUT2D eigenvalue weighted by Gasteiger charge is -2.14. The van der Waals surface area contributed by atoms with Crippen molar-refractivity contribution in [2.45, 2.75) is 19.4 Å². The Labute approximate surface area is 182 Å². The Hall–Kier alpha value is -2.96. The summed E-state index contributed by atoms with van der Waals surface area (Å²) < 4.78 is 6.34. The number of carbonyl (C=O) groups is 1. The van der Waals surface area contributed by atoms with E-state index in [1.807, 2.05) is 53.9 Å². The molecule has 0 atom stereocenters. The summed E-state index contributed by atoms with van der Waals surface area (Å²) >= 11 is 7.85. The zero-order valence-electron chi connectivity index (χ0n) is 16.3. The minimum absolute atomic E-state index is 0.139. The van der Waals surface area contributed by atoms with Gasteiger partial charge in [0.1, 0.15) is 10.7 Å². The molecule has 152 valence electrons. The number of methoxy groups -OCH3 is 1. The van der Waals surface area contributed by atoms with E-state index < -0.39 is 0 Å². The molecule has 0 N–H and O–H groups in total. The number of thiophene rings is 1. The molecule has 0 bridgehead atoms. The van der Waals surface area contributed by atoms with Gasteiger partial charge in [0.2, 0.25) is 0 Å². The predicted octanol–water partition coefficient (Wildman–Crippen LogP) is 5.40. The first-order chi connectivity index (χ1) is 14.6. The van der Waals surface area contributed by atoms with E-state index in [0.717, 1.165) is 11.1 Å². The van der Waals surface area contributed by atoms with Gasteiger partial charge in [0, 0.05) is 29.5 Å². The van der Waals surface area contributed by atoms with Crippen LogP contribution in [0.4, 0.5) is 0 Å². The van der Waals surface area contributed by atoms with Crippen molar-refractivity contribution < 1.29 is 9.53 Å². The first kappa shape index (κ1) is 20.3. The summed E-state index contributed by atoms with van der Waals surface area (Å²) in [6.45, 7) is 0.335. The second kappa shape index (κ2) is 8.81. The fourth-order valence-electron chi connectivity index (χ4n) is 3.39. The van der Waals surface area contributed by atoms with Gasteiger partial charge < -0.3 is 4.74 Å². The van der Waals surface area contributed by atoms with Crippen molar-refractivity contribution in [2.75, 3.05) is 7.11 Å². The molecular weight excluding hydrogens is 420 g/mol. The third kappa shape index (κ3) is 3.88. The molecule has 5 nitrogen and oxygen atoms in total. The number of carbonyl (C=O) groups excluding carboxylic acids is 1. The lowest BCUT2D eigenvalue weighted by molar-refractivity contribution is -0.140. The molecule has 0 saturated heterocycles. The number of esters is 1. The number of benzene rings is 2. The highest BCUT2D eigenvalue weighted by molar-refractivity contribution is 7.17. The molecule has 0 aliphatic carbocycles. The van der Waals surface area contributed by atoms with Crippen molar-refractivity contribution >= 4 is 39.1 Å². The summed E-state index contributed by atoms with van der Waals surface area (Å²) in [4.78, 5) is 30.6. The standard InChI is InChI=1S/C23H19ClN2O3S/c1-29-19(27)12-7-13-26-21(16-10-5-6-11-18(16)24)25-22-20(23(26)28)17(14-30-22)15-8-3-2-4-9-15/h2-6,8-11,14H,7,12-13H2,1H3. The number of rotatable bonds is 6. The number of aromatic nitrogens is 2. The summed E-state index contributed by atoms with van der Waals surface area (Å²) in [5.74, 6) is 0.196. The van der Waals surface area contributed by atoms with Crippen molar-refractivity contribution in [3.05, 3.63) is 75.4 Å². The molecule has 0 aliphatic rings. The van der Waals surface area contributed by atoms with E-state index in [0.29, 0.717) is 39.6 Å². The fraction of sp³-hybridized carbons (Fsp3) is 0.174. The summed E-state index contributed by atoms with van der Waals surface area (Å²) in [5.41, 5.74) is 2.38. The molecule has 0 aliphatic heterocycles. The number of hydrogen-bond acceptors (Lipinski definition) is 5. The maximum Gasteiger partial charge on any atom is 0.305 e. The minimum Gasteiger partial charge on any atom is -0.469 e. The average Bonchev–Trinajstić information content (AvgIpc) is 3.20. The molecule has 0 saturated carbocycles. The lowest BCUT2D eigenvalue weighted by Crippen LogP contribution is -2.24. The van der Waals surface area contributed by atoms with E-state index in [4.69, 9.17) is 21.3 Å². The highest BCUT2D eigenvalue weighted by atomic mass is 35.5. The van der Waals surface area contributed by atoms with Gasteiger partial charge in [-0.1, -0.05) is 54.1 Å². The van der Waals surface area contributed by atoms with Crippen molar-refractivity contribution in [3.8, 4) is 22.5 Å². The highest BCUT2D eigenvalue weighted by Crippen LogP contribution is 2.33. The van der Waals surface area contributed by atoms with E-state index in [1.165, 1.54) is 18.4 Å². The summed E-state index contributed by atoms with van der Waals surface area (Å²) in [6, 6.07) is 17.1. The van der Waals surface area contributed by atoms with Crippen LogP contribution < -0.4 is 5.56 Å². The first-order valence-electron chi connectivity index (χ1n) is 9.49. The molecular formula is C23H19ClN2O3S. The van der Waals surface area contributed by atoms with Crippen molar-refractivity contribution in [1.29, 1.82) is 0 Å². The van der Waals surface area contributed by atoms with E-state index >= 15 is 0 Å². The van der Waals surface area contributed by atoms with Gasteiger partial charge in [-0.25, -0.2) is 4.98 Å². The second-order valence-electron chi connectivity index (χ2n) is 6.75. The summed E-state index contributed by atoms with van der Waals surface area (Å²) in [6.07, 6.45) is 0.681. The normalized spacial score (nSPS) is 11.0. The van der Waals surface area contributed by atoms with Crippen LogP contribution >= 0.6 is 22.9 Å². The number of fused-ring (bicyclic) bond motifs is 1. The van der Waals surface area contributed by atoms with Gasteiger partial charge in [0.15, 0.2) is 0 Å². The van der Waals surface area contributed by atoms with E-state index in [2.05, 4.69) is 0 Å². The van der Waals surface area contributed by atoms with Gasteiger partial charge in [-0.15, -0.1) is 11.3 Å². The third-order valence-electron chi connectivity index (χ3n) is 4.88. The molecule has 0 fully saturated rings. The summed E-state index contributed by atoms with van der Waals surface area (Å²) in [5, 5.41) is 3.06. The van der Waals surface area contributed by atoms with Gasteiger partial charge in [0.05, 0.1) is 17.5 Å². The molecule has 30 heavy (non-hydrogen) atoms. The van der Waals surface area contributed by atoms with Crippen LogP contribution in [0, 0.1) is 0 Å². The van der Waals surface area contributed by atoms with E-state index in [1.54, 1.807) is 10.6 Å². The number of hydrogen-bond donors (Lipinski definition) is 0. The number of nitrogens with zero attached hydrogens (tertiary/aromatic N) is 2. The van der Waals surface area contributed by atoms with E-state index in [9.17, 15) is 9.59 Å². The minimum atomic E-state index is -0.308. The Morgan fingerprint density at radius 3 is 2.57 bits per heavy atom. The quantitative estimate of drug-likeness (QED) is 0.378. The van der Waals surface area contributed by atoms with Gasteiger partial charge in [-0.2, -0.15) is 0 Å². The van der Waals surface area contributed by atoms with Crippen LogP contribution in [0.25, 0.3) is 32.7 Å². The van der Waals surface area contributed by atoms with Crippen LogP contribution in [-0.2, 0) is 16.1 Å². The van der Waals surface area contributed by atoms with Crippen LogP contribution in [0.15, 0.2) is 64.8 Å². The van der Waals surface area contributed by atoms with Gasteiger partial charge in [0.25, 0.3) is 5.56 Å². The first-order valence-corrected chi connectivity index (χ1v) is 10.7. The molecule has 0 amide bonds. The Kier molecular flexibility index (Phi) is 5.97. The van der Waals surface area contributed by atoms with Gasteiger partial charge in [-0.3, -0.25) is 14.2 Å².